The second-order valence-electron chi connectivity index (χ2n) is 3.65. The minimum Gasteiger partial charge on any atom is -0.318 e. The quantitative estimate of drug-likeness (QED) is 0.668. The number of nitrogens with one attached hydrogen (secondary N) is 2. The third kappa shape index (κ3) is 2.11. The number of amides is 1. The van der Waals surface area contributed by atoms with E-state index >= 15 is 0 Å². The highest BCUT2D eigenvalue weighted by Crippen LogP contribution is 2.12. The van der Waals surface area contributed by atoms with Crippen LogP contribution < -0.4 is 11.1 Å². The van der Waals surface area contributed by atoms with Gasteiger partial charge in [0.2, 0.25) is 5.91 Å². The van der Waals surface area contributed by atoms with Gasteiger partial charge in [0.1, 0.15) is 5.82 Å². The molecule has 0 saturated carbocycles. The summed E-state index contributed by atoms with van der Waals surface area (Å²) in [5.41, 5.74) is 5.84. The van der Waals surface area contributed by atoms with Gasteiger partial charge in [-0.2, -0.15) is 5.10 Å². The Balaban J connectivity index is 2.71. The third-order valence-electron chi connectivity index (χ3n) is 2.32. The summed E-state index contributed by atoms with van der Waals surface area (Å²) in [7, 11) is 0. The van der Waals surface area contributed by atoms with E-state index in [0.717, 1.165) is 5.56 Å². The van der Waals surface area contributed by atoms with Crippen molar-refractivity contribution in [3.05, 3.63) is 11.8 Å². The fourth-order valence-corrected chi connectivity index (χ4v) is 0.890. The largest absolute Gasteiger partial charge is 0.318 e. The summed E-state index contributed by atoms with van der Waals surface area (Å²) in [5.74, 6) is 0.410. The fraction of sp³-hybridized carbons (Fsp3) is 0.556. The topological polar surface area (TPSA) is 83.8 Å². The number of aromatic nitrogens is 2. The zero-order valence-corrected chi connectivity index (χ0v) is 8.72. The fourth-order valence-electron chi connectivity index (χ4n) is 0.890. The average molecular weight is 196 g/mol. The third-order valence-corrected chi connectivity index (χ3v) is 2.32. The van der Waals surface area contributed by atoms with Crippen LogP contribution in [-0.4, -0.2) is 21.6 Å². The van der Waals surface area contributed by atoms with Gasteiger partial charge in [0.25, 0.3) is 0 Å². The van der Waals surface area contributed by atoms with E-state index < -0.39 is 5.54 Å². The first kappa shape index (κ1) is 10.7. The van der Waals surface area contributed by atoms with Gasteiger partial charge in [-0.15, -0.1) is 0 Å². The first-order chi connectivity index (χ1) is 6.47. The first-order valence-electron chi connectivity index (χ1n) is 4.57. The van der Waals surface area contributed by atoms with Crippen molar-refractivity contribution in [1.82, 2.24) is 10.2 Å². The molecule has 0 fully saturated rings. The summed E-state index contributed by atoms with van der Waals surface area (Å²) in [6, 6.07) is 0. The molecule has 0 aromatic carbocycles. The highest BCUT2D eigenvalue weighted by atomic mass is 16.2. The molecule has 0 bridgehead atoms. The Kier molecular flexibility index (Phi) is 2.90. The number of aromatic amines is 1. The summed E-state index contributed by atoms with van der Waals surface area (Å²) in [5, 5.41) is 9.20. The van der Waals surface area contributed by atoms with Crippen molar-refractivity contribution >= 4 is 11.7 Å². The maximum absolute atomic E-state index is 11.6. The summed E-state index contributed by atoms with van der Waals surface area (Å²) in [4.78, 5) is 11.6. The molecule has 0 aliphatic rings. The Bertz CT molecular complexity index is 329. The number of nitrogens with zero attached hydrogens (tertiary/aromatic N) is 1. The number of carbonyl (C=O) groups is 1. The van der Waals surface area contributed by atoms with Gasteiger partial charge in [-0.3, -0.25) is 9.89 Å². The minimum absolute atomic E-state index is 0.202. The van der Waals surface area contributed by atoms with Crippen LogP contribution in [-0.2, 0) is 4.79 Å². The Morgan fingerprint density at radius 2 is 2.43 bits per heavy atom. The predicted molar refractivity (Wildman–Crippen MR) is 54.8 cm³/mol. The van der Waals surface area contributed by atoms with Crippen LogP contribution in [0.15, 0.2) is 6.20 Å². The lowest BCUT2D eigenvalue weighted by atomic mass is 9.99. The molecule has 1 heterocycles. The molecular weight excluding hydrogens is 180 g/mol. The summed E-state index contributed by atoms with van der Waals surface area (Å²) >= 11 is 0. The van der Waals surface area contributed by atoms with Gasteiger partial charge in [0, 0.05) is 5.56 Å². The predicted octanol–water partition coefficient (Wildman–Crippen LogP) is 0.784. The van der Waals surface area contributed by atoms with Crippen molar-refractivity contribution in [1.29, 1.82) is 0 Å². The van der Waals surface area contributed by atoms with Crippen LogP contribution >= 0.6 is 0 Å². The molecule has 78 valence electrons. The van der Waals surface area contributed by atoms with E-state index in [1.807, 2.05) is 13.8 Å². The highest BCUT2D eigenvalue weighted by molar-refractivity contribution is 5.97. The molecule has 0 radical (unpaired) electrons. The standard InChI is InChI=1S/C9H16N4O/c1-4-9(3,10)8(14)12-7-6(2)5-11-13-7/h5H,4,10H2,1-3H3,(H2,11,12,13,14). The molecule has 14 heavy (non-hydrogen) atoms. The van der Waals surface area contributed by atoms with Crippen LogP contribution in [0.25, 0.3) is 0 Å². The number of nitrogens with two attached hydrogens (primary N) is 1. The molecule has 0 saturated heterocycles. The molecule has 0 aliphatic carbocycles. The summed E-state index contributed by atoms with van der Waals surface area (Å²) in [6.07, 6.45) is 2.24. The number of anilines is 1. The number of hydrogen-bond donors (Lipinski definition) is 3. The number of rotatable bonds is 3. The molecule has 1 atom stereocenters. The normalized spacial score (nSPS) is 14.9. The molecule has 0 spiro atoms. The molecule has 4 N–H and O–H groups in total. The Morgan fingerprint density at radius 3 is 2.86 bits per heavy atom. The van der Waals surface area contributed by atoms with E-state index in [9.17, 15) is 4.79 Å². The van der Waals surface area contributed by atoms with Gasteiger partial charge in [-0.05, 0) is 20.3 Å². The molecule has 1 aromatic heterocycles. The molecule has 1 rings (SSSR count). The Morgan fingerprint density at radius 1 is 1.79 bits per heavy atom. The lowest BCUT2D eigenvalue weighted by Gasteiger charge is -2.20. The van der Waals surface area contributed by atoms with E-state index in [0.29, 0.717) is 12.2 Å². The number of hydrogen-bond acceptors (Lipinski definition) is 3. The average Bonchev–Trinajstić information content (AvgIpc) is 2.52. The van der Waals surface area contributed by atoms with Crippen LogP contribution in [0.1, 0.15) is 25.8 Å². The van der Waals surface area contributed by atoms with Crippen molar-refractivity contribution in [3.63, 3.8) is 0 Å². The van der Waals surface area contributed by atoms with Crippen LogP contribution in [0.5, 0.6) is 0 Å². The molecule has 1 unspecified atom stereocenters. The molecular formula is C9H16N4O. The maximum Gasteiger partial charge on any atom is 0.245 e. The number of aryl methyl sites for hydroxylation is 1. The zero-order valence-electron chi connectivity index (χ0n) is 8.72. The minimum atomic E-state index is -0.836. The van der Waals surface area contributed by atoms with Crippen LogP contribution in [0.3, 0.4) is 0 Å². The van der Waals surface area contributed by atoms with E-state index in [1.54, 1.807) is 13.1 Å². The summed E-state index contributed by atoms with van der Waals surface area (Å²) in [6.45, 7) is 5.44. The van der Waals surface area contributed by atoms with Gasteiger partial charge in [0.15, 0.2) is 0 Å². The van der Waals surface area contributed by atoms with Crippen LogP contribution in [0.4, 0.5) is 5.82 Å². The highest BCUT2D eigenvalue weighted by Gasteiger charge is 2.26. The number of H-pyrrole nitrogens is 1. The molecule has 5 nitrogen and oxygen atoms in total. The zero-order chi connectivity index (χ0) is 10.8. The second-order valence-corrected chi connectivity index (χ2v) is 3.65. The van der Waals surface area contributed by atoms with Gasteiger partial charge >= 0.3 is 0 Å². The Labute approximate surface area is 83.1 Å². The van der Waals surface area contributed by atoms with Crippen molar-refractivity contribution in [2.75, 3.05) is 5.32 Å². The number of carbonyl (C=O) groups excluding carboxylic acids is 1. The maximum atomic E-state index is 11.6. The van der Waals surface area contributed by atoms with Gasteiger partial charge < -0.3 is 11.1 Å². The van der Waals surface area contributed by atoms with Gasteiger partial charge in [-0.1, -0.05) is 6.92 Å². The first-order valence-corrected chi connectivity index (χ1v) is 4.57. The van der Waals surface area contributed by atoms with Crippen LogP contribution in [0, 0.1) is 6.92 Å². The van der Waals surface area contributed by atoms with Crippen molar-refractivity contribution in [2.24, 2.45) is 5.73 Å². The van der Waals surface area contributed by atoms with Crippen molar-refractivity contribution in [2.45, 2.75) is 32.7 Å². The van der Waals surface area contributed by atoms with E-state index in [-0.39, 0.29) is 5.91 Å². The lowest BCUT2D eigenvalue weighted by Crippen LogP contribution is -2.47. The van der Waals surface area contributed by atoms with E-state index in [2.05, 4.69) is 15.5 Å². The van der Waals surface area contributed by atoms with Gasteiger partial charge in [0.05, 0.1) is 11.7 Å². The van der Waals surface area contributed by atoms with E-state index in [1.165, 1.54) is 0 Å². The smallest absolute Gasteiger partial charge is 0.245 e. The molecule has 1 aromatic rings. The summed E-state index contributed by atoms with van der Waals surface area (Å²) < 4.78 is 0. The second kappa shape index (κ2) is 3.79. The van der Waals surface area contributed by atoms with E-state index in [4.69, 9.17) is 5.73 Å². The molecule has 1 amide bonds. The molecule has 0 aliphatic heterocycles. The lowest BCUT2D eigenvalue weighted by molar-refractivity contribution is -0.120. The monoisotopic (exact) mass is 196 g/mol. The molecule has 5 heteroatoms. The Hall–Kier alpha value is -1.36. The van der Waals surface area contributed by atoms with Crippen LogP contribution in [0.2, 0.25) is 0 Å². The van der Waals surface area contributed by atoms with Crippen molar-refractivity contribution < 1.29 is 4.79 Å². The SMILES string of the molecule is CCC(C)(N)C(=O)Nc1[nH]ncc1C. The van der Waals surface area contributed by atoms with Crippen molar-refractivity contribution in [3.8, 4) is 0 Å². The van der Waals surface area contributed by atoms with Gasteiger partial charge in [-0.25, -0.2) is 0 Å².